The van der Waals surface area contributed by atoms with E-state index in [4.69, 9.17) is 4.74 Å². The molecular weight excluding hydrogens is 376 g/mol. The van der Waals surface area contributed by atoms with Gasteiger partial charge in [0.2, 0.25) is 0 Å². The van der Waals surface area contributed by atoms with E-state index in [9.17, 15) is 14.7 Å². The predicted molar refractivity (Wildman–Crippen MR) is 110 cm³/mol. The van der Waals surface area contributed by atoms with Crippen LogP contribution in [0.5, 0.6) is 0 Å². The van der Waals surface area contributed by atoms with Crippen LogP contribution in [0.4, 0.5) is 0 Å². The number of thioether (sulfide) groups is 1. The molecule has 0 amide bonds. The number of nitrogens with zero attached hydrogens (tertiary/aromatic N) is 2. The van der Waals surface area contributed by atoms with Crippen molar-refractivity contribution in [2.45, 2.75) is 52.7 Å². The Morgan fingerprint density at radius 3 is 2.43 bits per heavy atom. The molecule has 0 fully saturated rings. The summed E-state index contributed by atoms with van der Waals surface area (Å²) in [6, 6.07) is 7.40. The first-order valence-electron chi connectivity index (χ1n) is 9.03. The zero-order valence-corrected chi connectivity index (χ0v) is 17.5. The standard InChI is InChI=1S/C21H24N2O4S/c1-12-6-8-14(9-7-12)18-17(19(26)27-21(3,4)5)13(2)22-20-23(18)15(11-28-20)10-16(24)25/h6-9,11,18H,10H2,1-5H3,(H,24,25). The van der Waals surface area contributed by atoms with Crippen LogP contribution in [-0.4, -0.2) is 32.7 Å². The molecule has 0 bridgehead atoms. The minimum atomic E-state index is -0.930. The molecule has 1 unspecified atom stereocenters. The van der Waals surface area contributed by atoms with E-state index in [0.717, 1.165) is 11.1 Å². The van der Waals surface area contributed by atoms with Crippen molar-refractivity contribution < 1.29 is 19.4 Å². The van der Waals surface area contributed by atoms with Crippen molar-refractivity contribution in [1.82, 2.24) is 4.90 Å². The maximum absolute atomic E-state index is 13.1. The third-order valence-electron chi connectivity index (χ3n) is 4.34. The second kappa shape index (κ2) is 7.47. The maximum Gasteiger partial charge on any atom is 0.338 e. The van der Waals surface area contributed by atoms with Gasteiger partial charge in [-0.2, -0.15) is 0 Å². The topological polar surface area (TPSA) is 79.2 Å². The van der Waals surface area contributed by atoms with Gasteiger partial charge >= 0.3 is 11.9 Å². The highest BCUT2D eigenvalue weighted by molar-refractivity contribution is 8.16. The number of aryl methyl sites for hydroxylation is 1. The number of carbonyl (C=O) groups excluding carboxylic acids is 1. The number of hydrogen-bond donors (Lipinski definition) is 1. The largest absolute Gasteiger partial charge is 0.481 e. The van der Waals surface area contributed by atoms with Crippen molar-refractivity contribution in [3.8, 4) is 0 Å². The quantitative estimate of drug-likeness (QED) is 0.756. The Morgan fingerprint density at radius 1 is 1.21 bits per heavy atom. The molecule has 0 spiro atoms. The number of benzene rings is 1. The predicted octanol–water partition coefficient (Wildman–Crippen LogP) is 4.39. The zero-order valence-electron chi connectivity index (χ0n) is 16.6. The van der Waals surface area contributed by atoms with Gasteiger partial charge in [-0.1, -0.05) is 41.6 Å². The van der Waals surface area contributed by atoms with E-state index < -0.39 is 23.6 Å². The molecule has 0 saturated heterocycles. The van der Waals surface area contributed by atoms with Crippen molar-refractivity contribution >= 4 is 28.9 Å². The molecule has 2 aliphatic heterocycles. The minimum absolute atomic E-state index is 0.144. The van der Waals surface area contributed by atoms with E-state index in [1.54, 1.807) is 12.3 Å². The highest BCUT2D eigenvalue weighted by Crippen LogP contribution is 2.45. The van der Waals surface area contributed by atoms with Crippen molar-refractivity contribution in [3.63, 3.8) is 0 Å². The van der Waals surface area contributed by atoms with Crippen LogP contribution in [0.25, 0.3) is 0 Å². The lowest BCUT2D eigenvalue weighted by Gasteiger charge is -2.37. The molecule has 6 nitrogen and oxygen atoms in total. The molecule has 0 aromatic heterocycles. The summed E-state index contributed by atoms with van der Waals surface area (Å²) in [5.41, 5.74) is 2.97. The van der Waals surface area contributed by atoms with Gasteiger partial charge in [0.1, 0.15) is 5.60 Å². The molecule has 3 rings (SSSR count). The second-order valence-corrected chi connectivity index (χ2v) is 8.71. The summed E-state index contributed by atoms with van der Waals surface area (Å²) in [6.45, 7) is 9.25. The van der Waals surface area contributed by atoms with Crippen LogP contribution >= 0.6 is 11.8 Å². The molecule has 0 aliphatic carbocycles. The Hall–Kier alpha value is -2.54. The number of allylic oxidation sites excluding steroid dienone is 1. The number of carboxylic acid groups (broad SMARTS) is 1. The fourth-order valence-electron chi connectivity index (χ4n) is 3.18. The number of carbonyl (C=O) groups is 2. The lowest BCUT2D eigenvalue weighted by molar-refractivity contribution is -0.150. The fourth-order valence-corrected chi connectivity index (χ4v) is 4.15. The summed E-state index contributed by atoms with van der Waals surface area (Å²) in [4.78, 5) is 30.8. The molecule has 1 atom stereocenters. The SMILES string of the molecule is CC1=C(C(=O)OC(C)(C)C)C(c2ccc(C)cc2)N2C(CC(=O)O)=CSC2=N1. The first kappa shape index (κ1) is 20.2. The molecule has 1 aromatic rings. The van der Waals surface area contributed by atoms with Gasteiger partial charge in [-0.3, -0.25) is 4.79 Å². The summed E-state index contributed by atoms with van der Waals surface area (Å²) in [6.07, 6.45) is -0.144. The monoisotopic (exact) mass is 400 g/mol. The first-order valence-corrected chi connectivity index (χ1v) is 9.91. The smallest absolute Gasteiger partial charge is 0.338 e. The number of aliphatic imine (C=N–C) groups is 1. The molecule has 7 heteroatoms. The Balaban J connectivity index is 2.11. The normalized spacial score (nSPS) is 19.2. The third-order valence-corrected chi connectivity index (χ3v) is 5.23. The zero-order chi connectivity index (χ0) is 20.6. The van der Waals surface area contributed by atoms with Crippen LogP contribution in [0.15, 0.2) is 51.6 Å². The fraction of sp³-hybridized carbons (Fsp3) is 0.381. The molecule has 2 heterocycles. The van der Waals surface area contributed by atoms with E-state index in [1.165, 1.54) is 11.8 Å². The maximum atomic E-state index is 13.1. The van der Waals surface area contributed by atoms with E-state index in [0.29, 0.717) is 22.1 Å². The molecule has 0 radical (unpaired) electrons. The summed E-state index contributed by atoms with van der Waals surface area (Å²) >= 11 is 1.37. The average molecular weight is 401 g/mol. The Morgan fingerprint density at radius 2 is 1.86 bits per heavy atom. The minimum Gasteiger partial charge on any atom is -0.481 e. The van der Waals surface area contributed by atoms with E-state index in [1.807, 2.05) is 56.9 Å². The van der Waals surface area contributed by atoms with Crippen molar-refractivity contribution in [1.29, 1.82) is 0 Å². The molecule has 1 aromatic carbocycles. The highest BCUT2D eigenvalue weighted by Gasteiger charge is 2.41. The molecule has 2 aliphatic rings. The van der Waals surface area contributed by atoms with Crippen molar-refractivity contribution in [3.05, 3.63) is 57.8 Å². The summed E-state index contributed by atoms with van der Waals surface area (Å²) in [5, 5.41) is 11.8. The van der Waals surface area contributed by atoms with Gasteiger partial charge < -0.3 is 14.7 Å². The van der Waals surface area contributed by atoms with Crippen LogP contribution in [-0.2, 0) is 14.3 Å². The number of carboxylic acids is 1. The molecule has 0 saturated carbocycles. The third kappa shape index (κ3) is 4.14. The Kier molecular flexibility index (Phi) is 5.39. The van der Waals surface area contributed by atoms with Gasteiger partial charge in [0.25, 0.3) is 0 Å². The Bertz CT molecular complexity index is 907. The van der Waals surface area contributed by atoms with Crippen LogP contribution in [0.2, 0.25) is 0 Å². The van der Waals surface area contributed by atoms with Gasteiger partial charge in [0.15, 0.2) is 5.17 Å². The van der Waals surface area contributed by atoms with Crippen LogP contribution in [0.3, 0.4) is 0 Å². The summed E-state index contributed by atoms with van der Waals surface area (Å²) in [7, 11) is 0. The lowest BCUT2D eigenvalue weighted by Crippen LogP contribution is -2.38. The van der Waals surface area contributed by atoms with Gasteiger partial charge in [-0.15, -0.1) is 0 Å². The second-order valence-electron chi connectivity index (χ2n) is 7.88. The number of fused-ring (bicyclic) bond motifs is 1. The van der Waals surface area contributed by atoms with Crippen LogP contribution in [0.1, 0.15) is 51.3 Å². The van der Waals surface area contributed by atoms with E-state index >= 15 is 0 Å². The van der Waals surface area contributed by atoms with Crippen molar-refractivity contribution in [2.75, 3.05) is 0 Å². The van der Waals surface area contributed by atoms with Crippen LogP contribution < -0.4 is 0 Å². The number of esters is 1. The number of rotatable bonds is 4. The van der Waals surface area contributed by atoms with E-state index in [2.05, 4.69) is 4.99 Å². The summed E-state index contributed by atoms with van der Waals surface area (Å²) in [5.74, 6) is -1.37. The number of ether oxygens (including phenoxy) is 1. The molecule has 148 valence electrons. The molecule has 1 N–H and O–H groups in total. The number of hydrogen-bond acceptors (Lipinski definition) is 6. The van der Waals surface area contributed by atoms with Gasteiger partial charge in [0, 0.05) is 5.70 Å². The van der Waals surface area contributed by atoms with Gasteiger partial charge in [0.05, 0.1) is 23.7 Å². The van der Waals surface area contributed by atoms with Gasteiger partial charge in [-0.05, 0) is 45.6 Å². The summed E-state index contributed by atoms with van der Waals surface area (Å²) < 4.78 is 5.65. The molecule has 28 heavy (non-hydrogen) atoms. The molecular formula is C21H24N2O4S. The van der Waals surface area contributed by atoms with Crippen LogP contribution in [0, 0.1) is 6.92 Å². The van der Waals surface area contributed by atoms with E-state index in [-0.39, 0.29) is 6.42 Å². The highest BCUT2D eigenvalue weighted by atomic mass is 32.2. The number of amidine groups is 1. The lowest BCUT2D eigenvalue weighted by atomic mass is 9.93. The Labute approximate surface area is 169 Å². The average Bonchev–Trinajstić information content (AvgIpc) is 2.94. The first-order chi connectivity index (χ1) is 13.1. The van der Waals surface area contributed by atoms with Crippen molar-refractivity contribution in [2.24, 2.45) is 4.99 Å². The number of aliphatic carboxylic acids is 1. The van der Waals surface area contributed by atoms with Gasteiger partial charge in [-0.25, -0.2) is 9.79 Å².